The molecule has 100 valence electrons. The molecule has 0 amide bonds. The van der Waals surface area contributed by atoms with E-state index in [9.17, 15) is 0 Å². The Labute approximate surface area is 111 Å². The van der Waals surface area contributed by atoms with Crippen molar-refractivity contribution in [3.63, 3.8) is 0 Å². The smallest absolute Gasteiger partial charge is 0.0237 e. The van der Waals surface area contributed by atoms with Crippen LogP contribution in [0, 0.1) is 5.92 Å². The highest BCUT2D eigenvalue weighted by Gasteiger charge is 2.25. The number of nitrogens with one attached hydrogen (secondary N) is 1. The van der Waals surface area contributed by atoms with Crippen molar-refractivity contribution in [3.8, 4) is 0 Å². The molecule has 0 aliphatic carbocycles. The van der Waals surface area contributed by atoms with Crippen LogP contribution in [-0.4, -0.2) is 30.1 Å². The van der Waals surface area contributed by atoms with Crippen LogP contribution in [0.1, 0.15) is 32.8 Å². The van der Waals surface area contributed by atoms with Crippen molar-refractivity contribution < 1.29 is 0 Å². The second-order valence-electron chi connectivity index (χ2n) is 6.00. The van der Waals surface area contributed by atoms with E-state index in [2.05, 4.69) is 61.3 Å². The van der Waals surface area contributed by atoms with Gasteiger partial charge in [0.15, 0.2) is 0 Å². The molecule has 1 heterocycles. The van der Waals surface area contributed by atoms with Crippen molar-refractivity contribution >= 4 is 0 Å². The highest BCUT2D eigenvalue weighted by molar-refractivity contribution is 5.14. The van der Waals surface area contributed by atoms with Gasteiger partial charge < -0.3 is 5.32 Å². The summed E-state index contributed by atoms with van der Waals surface area (Å²) < 4.78 is 0. The summed E-state index contributed by atoms with van der Waals surface area (Å²) in [5, 5.41) is 3.67. The molecule has 0 bridgehead atoms. The number of piperazine rings is 1. The normalized spacial score (nSPS) is 25.6. The van der Waals surface area contributed by atoms with E-state index in [1.165, 1.54) is 18.5 Å². The SMILES string of the molecule is CC(C)C[C@H]1CN(Cc2ccccc2)[C@@H](C)CN1. The van der Waals surface area contributed by atoms with Crippen molar-refractivity contribution in [1.82, 2.24) is 10.2 Å². The molecule has 2 nitrogen and oxygen atoms in total. The van der Waals surface area contributed by atoms with E-state index in [0.717, 1.165) is 19.0 Å². The van der Waals surface area contributed by atoms with Crippen molar-refractivity contribution in [2.24, 2.45) is 5.92 Å². The molecule has 0 saturated carbocycles. The van der Waals surface area contributed by atoms with E-state index in [4.69, 9.17) is 0 Å². The maximum absolute atomic E-state index is 3.67. The summed E-state index contributed by atoms with van der Waals surface area (Å²) in [7, 11) is 0. The molecular formula is C16H26N2. The lowest BCUT2D eigenvalue weighted by molar-refractivity contribution is 0.125. The third kappa shape index (κ3) is 3.82. The lowest BCUT2D eigenvalue weighted by atomic mass is 9.99. The first-order valence-electron chi connectivity index (χ1n) is 7.16. The Bertz CT molecular complexity index is 347. The predicted octanol–water partition coefficient (Wildman–Crippen LogP) is 2.90. The quantitative estimate of drug-likeness (QED) is 0.879. The van der Waals surface area contributed by atoms with Crippen LogP contribution in [0.5, 0.6) is 0 Å². The predicted molar refractivity (Wildman–Crippen MR) is 77.6 cm³/mol. The first kappa shape index (κ1) is 13.6. The largest absolute Gasteiger partial charge is 0.311 e. The minimum absolute atomic E-state index is 0.633. The van der Waals surface area contributed by atoms with Crippen LogP contribution in [0.15, 0.2) is 30.3 Å². The Morgan fingerprint density at radius 2 is 2.00 bits per heavy atom. The summed E-state index contributed by atoms with van der Waals surface area (Å²) in [6, 6.07) is 12.1. The standard InChI is InChI=1S/C16H26N2/c1-13(2)9-16-12-18(14(3)10-17-16)11-15-7-5-4-6-8-15/h4-8,13-14,16-17H,9-12H2,1-3H3/t14-,16-/m0/s1. The van der Waals surface area contributed by atoms with Gasteiger partial charge in [0, 0.05) is 31.7 Å². The zero-order valence-corrected chi connectivity index (χ0v) is 11.9. The molecular weight excluding hydrogens is 220 g/mol. The first-order valence-corrected chi connectivity index (χ1v) is 7.16. The molecule has 0 unspecified atom stereocenters. The van der Waals surface area contributed by atoms with Crippen LogP contribution in [-0.2, 0) is 6.54 Å². The van der Waals surface area contributed by atoms with Crippen molar-refractivity contribution in [1.29, 1.82) is 0 Å². The van der Waals surface area contributed by atoms with Crippen molar-refractivity contribution in [3.05, 3.63) is 35.9 Å². The maximum Gasteiger partial charge on any atom is 0.0237 e. The molecule has 1 aliphatic rings. The van der Waals surface area contributed by atoms with Gasteiger partial charge in [-0.15, -0.1) is 0 Å². The topological polar surface area (TPSA) is 15.3 Å². The van der Waals surface area contributed by atoms with Crippen LogP contribution in [0.25, 0.3) is 0 Å². The molecule has 2 atom stereocenters. The lowest BCUT2D eigenvalue weighted by Crippen LogP contribution is -2.55. The molecule has 0 aromatic heterocycles. The molecule has 18 heavy (non-hydrogen) atoms. The molecule has 0 radical (unpaired) electrons. The van der Waals surface area contributed by atoms with Crippen LogP contribution in [0.3, 0.4) is 0 Å². The molecule has 1 fully saturated rings. The van der Waals surface area contributed by atoms with Crippen LogP contribution in [0.4, 0.5) is 0 Å². The van der Waals surface area contributed by atoms with Crippen LogP contribution >= 0.6 is 0 Å². The summed E-state index contributed by atoms with van der Waals surface area (Å²) in [5.41, 5.74) is 1.43. The summed E-state index contributed by atoms with van der Waals surface area (Å²) in [4.78, 5) is 2.61. The van der Waals surface area contributed by atoms with Crippen molar-refractivity contribution in [2.75, 3.05) is 13.1 Å². The highest BCUT2D eigenvalue weighted by atomic mass is 15.2. The van der Waals surface area contributed by atoms with Gasteiger partial charge in [0.1, 0.15) is 0 Å². The van der Waals surface area contributed by atoms with Crippen LogP contribution in [0.2, 0.25) is 0 Å². The summed E-state index contributed by atoms with van der Waals surface area (Å²) in [6.07, 6.45) is 1.28. The van der Waals surface area contributed by atoms with Gasteiger partial charge in [0.2, 0.25) is 0 Å². The average Bonchev–Trinajstić information content (AvgIpc) is 2.34. The maximum atomic E-state index is 3.67. The van der Waals surface area contributed by atoms with E-state index in [0.29, 0.717) is 12.1 Å². The highest BCUT2D eigenvalue weighted by Crippen LogP contribution is 2.16. The van der Waals surface area contributed by atoms with Crippen LogP contribution < -0.4 is 5.32 Å². The lowest BCUT2D eigenvalue weighted by Gasteiger charge is -2.39. The molecule has 1 aliphatic heterocycles. The van der Waals surface area contributed by atoms with E-state index in [1.807, 2.05) is 0 Å². The molecule has 1 saturated heterocycles. The fourth-order valence-electron chi connectivity index (χ4n) is 2.76. The fraction of sp³-hybridized carbons (Fsp3) is 0.625. The molecule has 1 aromatic carbocycles. The zero-order valence-electron chi connectivity index (χ0n) is 11.9. The summed E-state index contributed by atoms with van der Waals surface area (Å²) in [6.45, 7) is 10.3. The van der Waals surface area contributed by atoms with Gasteiger partial charge in [-0.3, -0.25) is 4.90 Å². The number of nitrogens with zero attached hydrogens (tertiary/aromatic N) is 1. The third-order valence-corrected chi connectivity index (χ3v) is 3.76. The molecule has 0 spiro atoms. The minimum Gasteiger partial charge on any atom is -0.311 e. The van der Waals surface area contributed by atoms with Gasteiger partial charge in [-0.2, -0.15) is 0 Å². The second kappa shape index (κ2) is 6.35. The van der Waals surface area contributed by atoms with E-state index < -0.39 is 0 Å². The van der Waals surface area contributed by atoms with Gasteiger partial charge >= 0.3 is 0 Å². The Morgan fingerprint density at radius 3 is 2.67 bits per heavy atom. The molecule has 1 N–H and O–H groups in total. The summed E-state index contributed by atoms with van der Waals surface area (Å²) >= 11 is 0. The first-order chi connectivity index (χ1) is 8.65. The summed E-state index contributed by atoms with van der Waals surface area (Å²) in [5.74, 6) is 0.773. The van der Waals surface area contributed by atoms with Gasteiger partial charge in [-0.05, 0) is 24.8 Å². The van der Waals surface area contributed by atoms with Gasteiger partial charge in [-0.1, -0.05) is 44.2 Å². The average molecular weight is 246 g/mol. The molecule has 1 aromatic rings. The Kier molecular flexibility index (Phi) is 4.79. The van der Waals surface area contributed by atoms with E-state index >= 15 is 0 Å². The molecule has 2 heteroatoms. The van der Waals surface area contributed by atoms with Gasteiger partial charge in [0.05, 0.1) is 0 Å². The zero-order chi connectivity index (χ0) is 13.0. The number of rotatable bonds is 4. The monoisotopic (exact) mass is 246 g/mol. The number of hydrogen-bond donors (Lipinski definition) is 1. The van der Waals surface area contributed by atoms with Gasteiger partial charge in [0.25, 0.3) is 0 Å². The number of benzene rings is 1. The Morgan fingerprint density at radius 1 is 1.28 bits per heavy atom. The second-order valence-corrected chi connectivity index (χ2v) is 6.00. The van der Waals surface area contributed by atoms with Crippen molar-refractivity contribution in [2.45, 2.75) is 45.8 Å². The Balaban J connectivity index is 1.93. The Hall–Kier alpha value is -0.860. The molecule has 2 rings (SSSR count). The van der Waals surface area contributed by atoms with E-state index in [-0.39, 0.29) is 0 Å². The van der Waals surface area contributed by atoms with Gasteiger partial charge in [-0.25, -0.2) is 0 Å². The fourth-order valence-corrected chi connectivity index (χ4v) is 2.76. The van der Waals surface area contributed by atoms with E-state index in [1.54, 1.807) is 0 Å². The third-order valence-electron chi connectivity index (χ3n) is 3.76. The minimum atomic E-state index is 0.633. The number of hydrogen-bond acceptors (Lipinski definition) is 2.